The van der Waals surface area contributed by atoms with Crippen LogP contribution >= 0.6 is 0 Å². The van der Waals surface area contributed by atoms with Crippen LogP contribution < -0.4 is 10.2 Å². The maximum Gasteiger partial charge on any atom is 0.194 e. The van der Waals surface area contributed by atoms with E-state index in [-0.39, 0.29) is 0 Å². The van der Waals surface area contributed by atoms with Crippen LogP contribution in [0.3, 0.4) is 0 Å². The van der Waals surface area contributed by atoms with Gasteiger partial charge in [0, 0.05) is 72.0 Å². The molecule has 1 aliphatic rings. The number of aryl methyl sites for hydroxylation is 1. The first-order valence-corrected chi connectivity index (χ1v) is 10.0. The number of nitrogens with one attached hydrogen (secondary N) is 1. The highest BCUT2D eigenvalue weighted by molar-refractivity contribution is 5.79. The van der Waals surface area contributed by atoms with Crippen LogP contribution in [0.15, 0.2) is 41.7 Å². The van der Waals surface area contributed by atoms with Crippen molar-refractivity contribution in [2.45, 2.75) is 20.0 Å². The fraction of sp³-hybridized carbons (Fsp3) is 0.524. The summed E-state index contributed by atoms with van der Waals surface area (Å²) in [4.78, 5) is 16.1. The molecule has 1 aliphatic heterocycles. The van der Waals surface area contributed by atoms with Gasteiger partial charge < -0.3 is 24.6 Å². The second-order valence-corrected chi connectivity index (χ2v) is 7.31. The highest BCUT2D eigenvalue weighted by Crippen LogP contribution is 2.14. The molecule has 7 heteroatoms. The van der Waals surface area contributed by atoms with Gasteiger partial charge in [-0.1, -0.05) is 13.0 Å². The van der Waals surface area contributed by atoms with Gasteiger partial charge >= 0.3 is 0 Å². The molecule has 0 saturated carbocycles. The number of anilines is 1. The number of nitrogens with zero attached hydrogens (tertiary/aromatic N) is 6. The van der Waals surface area contributed by atoms with Gasteiger partial charge in [-0.25, -0.2) is 4.98 Å². The summed E-state index contributed by atoms with van der Waals surface area (Å²) >= 11 is 0. The SMILES string of the molecule is CCN1CCN(c2ccc(CNC(=NC)N(C)Cc3cccn3C)cn2)CC1. The van der Waals surface area contributed by atoms with Gasteiger partial charge in [-0.15, -0.1) is 0 Å². The molecule has 1 N–H and O–H groups in total. The van der Waals surface area contributed by atoms with Gasteiger partial charge in [-0.2, -0.15) is 0 Å². The Labute approximate surface area is 168 Å². The molecule has 2 aromatic rings. The fourth-order valence-corrected chi connectivity index (χ4v) is 3.55. The van der Waals surface area contributed by atoms with E-state index >= 15 is 0 Å². The number of aromatic nitrogens is 2. The molecule has 0 spiro atoms. The predicted molar refractivity (Wildman–Crippen MR) is 116 cm³/mol. The van der Waals surface area contributed by atoms with Crippen molar-refractivity contribution in [3.05, 3.63) is 47.9 Å². The first-order chi connectivity index (χ1) is 13.6. The number of guanidine groups is 1. The van der Waals surface area contributed by atoms with E-state index < -0.39 is 0 Å². The summed E-state index contributed by atoms with van der Waals surface area (Å²) in [6, 6.07) is 8.49. The number of pyridine rings is 1. The monoisotopic (exact) mass is 383 g/mol. The third-order valence-electron chi connectivity index (χ3n) is 5.43. The van der Waals surface area contributed by atoms with Gasteiger partial charge in [0.1, 0.15) is 5.82 Å². The average molecular weight is 384 g/mol. The van der Waals surface area contributed by atoms with Crippen LogP contribution in [0.4, 0.5) is 5.82 Å². The lowest BCUT2D eigenvalue weighted by Gasteiger charge is -2.34. The van der Waals surface area contributed by atoms with Crippen molar-refractivity contribution in [3.63, 3.8) is 0 Å². The summed E-state index contributed by atoms with van der Waals surface area (Å²) in [7, 11) is 5.94. The van der Waals surface area contributed by atoms with E-state index in [0.717, 1.165) is 56.6 Å². The summed E-state index contributed by atoms with van der Waals surface area (Å²) in [6.45, 7) is 9.21. The highest BCUT2D eigenvalue weighted by Gasteiger charge is 2.16. The molecule has 0 radical (unpaired) electrons. The Bertz CT molecular complexity index is 757. The van der Waals surface area contributed by atoms with E-state index in [1.165, 1.54) is 5.69 Å². The zero-order valence-electron chi connectivity index (χ0n) is 17.6. The Hall–Kier alpha value is -2.54. The van der Waals surface area contributed by atoms with Crippen molar-refractivity contribution in [1.82, 2.24) is 24.7 Å². The Balaban J connectivity index is 1.51. The molecule has 2 aromatic heterocycles. The van der Waals surface area contributed by atoms with Crippen LogP contribution in [0, 0.1) is 0 Å². The van der Waals surface area contributed by atoms with Gasteiger partial charge in [0.2, 0.25) is 0 Å². The Morgan fingerprint density at radius 1 is 1.21 bits per heavy atom. The zero-order valence-corrected chi connectivity index (χ0v) is 17.6. The minimum atomic E-state index is 0.709. The van der Waals surface area contributed by atoms with Gasteiger partial charge in [0.05, 0.1) is 6.54 Å². The average Bonchev–Trinajstić information content (AvgIpc) is 3.13. The van der Waals surface area contributed by atoms with Gasteiger partial charge in [-0.05, 0) is 30.3 Å². The molecular formula is C21H33N7. The van der Waals surface area contributed by atoms with Crippen molar-refractivity contribution >= 4 is 11.8 Å². The molecule has 7 nitrogen and oxygen atoms in total. The number of aliphatic imine (C=N–C) groups is 1. The second-order valence-electron chi connectivity index (χ2n) is 7.31. The molecule has 1 saturated heterocycles. The maximum atomic E-state index is 4.68. The van der Waals surface area contributed by atoms with Crippen molar-refractivity contribution in [3.8, 4) is 0 Å². The van der Waals surface area contributed by atoms with Crippen LogP contribution in [0.1, 0.15) is 18.2 Å². The molecule has 0 aliphatic carbocycles. The molecule has 0 atom stereocenters. The van der Waals surface area contributed by atoms with Crippen LogP contribution in [-0.4, -0.2) is 72.1 Å². The third-order valence-corrected chi connectivity index (χ3v) is 5.43. The number of hydrogen-bond acceptors (Lipinski definition) is 4. The minimum Gasteiger partial charge on any atom is -0.354 e. The molecule has 3 rings (SSSR count). The first-order valence-electron chi connectivity index (χ1n) is 10.0. The molecule has 0 bridgehead atoms. The molecule has 0 aromatic carbocycles. The molecule has 152 valence electrons. The Kier molecular flexibility index (Phi) is 6.92. The Morgan fingerprint density at radius 3 is 2.57 bits per heavy atom. The summed E-state index contributed by atoms with van der Waals surface area (Å²) in [5, 5.41) is 3.44. The molecule has 3 heterocycles. The topological polar surface area (TPSA) is 51.9 Å². The largest absolute Gasteiger partial charge is 0.354 e. The van der Waals surface area contributed by atoms with Crippen LogP contribution in [0.25, 0.3) is 0 Å². The van der Waals surface area contributed by atoms with Crippen molar-refractivity contribution in [2.75, 3.05) is 51.7 Å². The van der Waals surface area contributed by atoms with E-state index in [1.807, 2.05) is 13.2 Å². The standard InChI is InChI=1S/C21H33N7/c1-5-27-11-13-28(14-12-27)20-9-8-18(15-23-20)16-24-21(22-2)26(4)17-19-7-6-10-25(19)3/h6-10,15H,5,11-14,16-17H2,1-4H3,(H,22,24). The number of piperazine rings is 1. The molecule has 0 amide bonds. The summed E-state index contributed by atoms with van der Waals surface area (Å²) in [5.41, 5.74) is 2.41. The van der Waals surface area contributed by atoms with E-state index in [4.69, 9.17) is 0 Å². The summed E-state index contributed by atoms with van der Waals surface area (Å²) in [5.74, 6) is 1.95. The summed E-state index contributed by atoms with van der Waals surface area (Å²) in [6.07, 6.45) is 4.04. The van der Waals surface area contributed by atoms with Crippen molar-refractivity contribution in [1.29, 1.82) is 0 Å². The molecule has 0 unspecified atom stereocenters. The predicted octanol–water partition coefficient (Wildman–Crippen LogP) is 1.77. The zero-order chi connectivity index (χ0) is 19.9. The Morgan fingerprint density at radius 2 is 2.00 bits per heavy atom. The van der Waals surface area contributed by atoms with Gasteiger partial charge in [-0.3, -0.25) is 4.99 Å². The van der Waals surface area contributed by atoms with E-state index in [9.17, 15) is 0 Å². The molecule has 28 heavy (non-hydrogen) atoms. The van der Waals surface area contributed by atoms with E-state index in [0.29, 0.717) is 6.54 Å². The molecule has 1 fully saturated rings. The lowest BCUT2D eigenvalue weighted by Crippen LogP contribution is -2.46. The fourth-order valence-electron chi connectivity index (χ4n) is 3.55. The quantitative estimate of drug-likeness (QED) is 0.609. The third kappa shape index (κ3) is 5.04. The number of likely N-dealkylation sites (N-methyl/N-ethyl adjacent to an activating group) is 1. The highest BCUT2D eigenvalue weighted by atomic mass is 15.3. The first kappa shape index (κ1) is 20.2. The van der Waals surface area contributed by atoms with Crippen LogP contribution in [0.5, 0.6) is 0 Å². The molecular weight excluding hydrogens is 350 g/mol. The van der Waals surface area contributed by atoms with E-state index in [1.54, 1.807) is 0 Å². The van der Waals surface area contributed by atoms with Gasteiger partial charge in [0.25, 0.3) is 0 Å². The van der Waals surface area contributed by atoms with Crippen molar-refractivity contribution in [2.24, 2.45) is 12.0 Å². The van der Waals surface area contributed by atoms with Crippen LogP contribution in [0.2, 0.25) is 0 Å². The van der Waals surface area contributed by atoms with E-state index in [2.05, 4.69) is 86.0 Å². The minimum absolute atomic E-state index is 0.709. The van der Waals surface area contributed by atoms with Gasteiger partial charge in [0.15, 0.2) is 5.96 Å². The lowest BCUT2D eigenvalue weighted by molar-refractivity contribution is 0.270. The second kappa shape index (κ2) is 9.59. The smallest absolute Gasteiger partial charge is 0.194 e. The van der Waals surface area contributed by atoms with Crippen molar-refractivity contribution < 1.29 is 0 Å². The maximum absolute atomic E-state index is 4.68. The normalized spacial score (nSPS) is 15.7. The summed E-state index contributed by atoms with van der Waals surface area (Å²) < 4.78 is 2.13. The number of hydrogen-bond donors (Lipinski definition) is 1. The number of rotatable bonds is 6. The lowest BCUT2D eigenvalue weighted by atomic mass is 10.2. The van der Waals surface area contributed by atoms with Crippen LogP contribution in [-0.2, 0) is 20.1 Å².